The van der Waals surface area contributed by atoms with E-state index in [0.717, 1.165) is 0 Å². The van der Waals surface area contributed by atoms with Crippen LogP contribution in [0.2, 0.25) is 0 Å². The van der Waals surface area contributed by atoms with E-state index < -0.39 is 0 Å². The van der Waals surface area contributed by atoms with Gasteiger partial charge in [-0.1, -0.05) is 0 Å². The highest BCUT2D eigenvalue weighted by molar-refractivity contribution is 6.20. The minimum Gasteiger partial charge on any atom is -0.529 e. The van der Waals surface area contributed by atoms with Gasteiger partial charge in [-0.25, -0.2) is 0 Å². The number of amides is 2. The Kier molecular flexibility index (Phi) is 6.06. The van der Waals surface area contributed by atoms with Crippen molar-refractivity contribution in [3.8, 4) is 11.5 Å². The zero-order valence-electron chi connectivity index (χ0n) is 14.9. The Morgan fingerprint density at radius 2 is 1.00 bits per heavy atom. The summed E-state index contributed by atoms with van der Waals surface area (Å²) in [5, 5.41) is 0. The maximum absolute atomic E-state index is 11.8. The second-order valence-corrected chi connectivity index (χ2v) is 5.85. The van der Waals surface area contributed by atoms with Gasteiger partial charge in [0.2, 0.25) is 0 Å². The van der Waals surface area contributed by atoms with E-state index in [-0.39, 0.29) is 19.5 Å². The predicted octanol–water partition coefficient (Wildman–Crippen LogP) is 1.81. The molecular weight excluding hydrogens is 319 g/mol. The molecular formula is C18H21BN2O4. The number of carbonyl (C=O) groups excluding carboxylic acids is 2. The number of rotatable bonds is 6. The molecule has 0 heterocycles. The Labute approximate surface area is 148 Å². The molecule has 6 nitrogen and oxygen atoms in total. The molecule has 0 radical (unpaired) electrons. The van der Waals surface area contributed by atoms with Gasteiger partial charge in [-0.15, -0.1) is 0 Å². The first kappa shape index (κ1) is 18.4. The second kappa shape index (κ2) is 8.23. The van der Waals surface area contributed by atoms with Crippen LogP contribution in [0, 0.1) is 0 Å². The Bertz CT molecular complexity index is 664. The van der Waals surface area contributed by atoms with E-state index in [9.17, 15) is 9.59 Å². The SMILES string of the molecule is CN(C)C(=O)c1ccc(OBOc2ccc(C(=O)N(C)C)cc2)cc1. The highest BCUT2D eigenvalue weighted by Crippen LogP contribution is 2.15. The summed E-state index contributed by atoms with van der Waals surface area (Å²) >= 11 is 0. The molecule has 0 fully saturated rings. The van der Waals surface area contributed by atoms with Crippen LogP contribution in [-0.2, 0) is 0 Å². The lowest BCUT2D eigenvalue weighted by molar-refractivity contribution is 0.0820. The average Bonchev–Trinajstić information content (AvgIpc) is 2.61. The van der Waals surface area contributed by atoms with Gasteiger partial charge in [0.15, 0.2) is 0 Å². The van der Waals surface area contributed by atoms with Gasteiger partial charge in [-0.3, -0.25) is 9.59 Å². The molecule has 0 N–H and O–H groups in total. The lowest BCUT2D eigenvalue weighted by atomic mass is 10.2. The molecule has 7 heteroatoms. The Morgan fingerprint density at radius 1 is 0.680 bits per heavy atom. The molecule has 2 aromatic carbocycles. The number of nitrogens with zero attached hydrogens (tertiary/aromatic N) is 2. The first-order chi connectivity index (χ1) is 11.9. The van der Waals surface area contributed by atoms with E-state index in [0.29, 0.717) is 22.6 Å². The molecule has 0 aliphatic carbocycles. The van der Waals surface area contributed by atoms with E-state index in [2.05, 4.69) is 0 Å². The summed E-state index contributed by atoms with van der Waals surface area (Å²) in [6, 6.07) is 13.7. The van der Waals surface area contributed by atoms with Crippen LogP contribution in [0.25, 0.3) is 0 Å². The van der Waals surface area contributed by atoms with Crippen LogP contribution in [0.15, 0.2) is 48.5 Å². The Balaban J connectivity index is 1.86. The van der Waals surface area contributed by atoms with Crippen molar-refractivity contribution < 1.29 is 18.9 Å². The molecule has 0 saturated heterocycles. The van der Waals surface area contributed by atoms with Gasteiger partial charge in [-0.2, -0.15) is 0 Å². The molecule has 0 aromatic heterocycles. The third kappa shape index (κ3) is 5.01. The molecule has 0 atom stereocenters. The predicted molar refractivity (Wildman–Crippen MR) is 97.3 cm³/mol. The maximum Gasteiger partial charge on any atom is 0.576 e. The fraction of sp³-hybridized carbons (Fsp3) is 0.222. The van der Waals surface area contributed by atoms with E-state index in [1.54, 1.807) is 76.7 Å². The molecule has 0 aliphatic rings. The quantitative estimate of drug-likeness (QED) is 0.753. The van der Waals surface area contributed by atoms with Crippen molar-refractivity contribution in [1.29, 1.82) is 0 Å². The standard InChI is InChI=1S/C18H21BN2O4/c1-20(2)17(22)13-5-9-15(10-6-13)24-19-25-16-11-7-14(8-12-16)18(23)21(3)4/h5-12,19H,1-4H3. The fourth-order valence-electron chi connectivity index (χ4n) is 2.07. The molecule has 2 amide bonds. The van der Waals surface area contributed by atoms with E-state index >= 15 is 0 Å². The highest BCUT2D eigenvalue weighted by atomic mass is 16.6. The van der Waals surface area contributed by atoms with E-state index in [4.69, 9.17) is 9.31 Å². The third-order valence-corrected chi connectivity index (χ3v) is 3.47. The molecule has 2 rings (SSSR count). The van der Waals surface area contributed by atoms with Gasteiger partial charge in [0.1, 0.15) is 11.5 Å². The minimum absolute atomic E-state index is 0.0297. The number of carbonyl (C=O) groups is 2. The van der Waals surface area contributed by atoms with Crippen LogP contribution in [0.4, 0.5) is 0 Å². The van der Waals surface area contributed by atoms with Crippen molar-refractivity contribution in [3.63, 3.8) is 0 Å². The maximum atomic E-state index is 11.8. The summed E-state index contributed by atoms with van der Waals surface area (Å²) < 4.78 is 11.0. The molecule has 0 saturated carbocycles. The van der Waals surface area contributed by atoms with Crippen LogP contribution in [0.5, 0.6) is 11.5 Å². The van der Waals surface area contributed by atoms with Crippen molar-refractivity contribution in [1.82, 2.24) is 9.80 Å². The van der Waals surface area contributed by atoms with Gasteiger partial charge in [-0.05, 0) is 48.5 Å². The van der Waals surface area contributed by atoms with Gasteiger partial charge in [0.05, 0.1) is 0 Å². The van der Waals surface area contributed by atoms with Crippen molar-refractivity contribution in [2.24, 2.45) is 0 Å². The second-order valence-electron chi connectivity index (χ2n) is 5.85. The van der Waals surface area contributed by atoms with Crippen LogP contribution in [0.3, 0.4) is 0 Å². The van der Waals surface area contributed by atoms with Crippen LogP contribution in [0.1, 0.15) is 20.7 Å². The zero-order chi connectivity index (χ0) is 18.4. The normalized spacial score (nSPS) is 9.92. The summed E-state index contributed by atoms with van der Waals surface area (Å²) in [4.78, 5) is 26.6. The fourth-order valence-corrected chi connectivity index (χ4v) is 2.07. The molecule has 0 bridgehead atoms. The van der Waals surface area contributed by atoms with Crippen LogP contribution in [-0.4, -0.2) is 57.5 Å². The zero-order valence-corrected chi connectivity index (χ0v) is 14.9. The summed E-state index contributed by atoms with van der Waals surface area (Å²) in [5.74, 6) is 1.09. The summed E-state index contributed by atoms with van der Waals surface area (Å²) in [6.07, 6.45) is 0. The molecule has 0 unspecified atom stereocenters. The monoisotopic (exact) mass is 340 g/mol. The molecule has 0 spiro atoms. The average molecular weight is 340 g/mol. The van der Waals surface area contributed by atoms with Crippen molar-refractivity contribution in [3.05, 3.63) is 59.7 Å². The van der Waals surface area contributed by atoms with Gasteiger partial charge < -0.3 is 19.1 Å². The number of hydrogen-bond donors (Lipinski definition) is 0. The smallest absolute Gasteiger partial charge is 0.529 e. The molecule has 130 valence electrons. The van der Waals surface area contributed by atoms with Crippen molar-refractivity contribution in [2.45, 2.75) is 0 Å². The topological polar surface area (TPSA) is 59.1 Å². The first-order valence-corrected chi connectivity index (χ1v) is 7.77. The lowest BCUT2D eigenvalue weighted by Crippen LogP contribution is -2.21. The molecule has 25 heavy (non-hydrogen) atoms. The number of hydrogen-bond acceptors (Lipinski definition) is 4. The van der Waals surface area contributed by atoms with Crippen LogP contribution < -0.4 is 9.31 Å². The van der Waals surface area contributed by atoms with Crippen molar-refractivity contribution in [2.75, 3.05) is 28.2 Å². The Morgan fingerprint density at radius 3 is 1.28 bits per heavy atom. The van der Waals surface area contributed by atoms with Crippen LogP contribution >= 0.6 is 0 Å². The molecule has 0 aliphatic heterocycles. The largest absolute Gasteiger partial charge is 0.576 e. The minimum atomic E-state index is -0.0600. The lowest BCUT2D eigenvalue weighted by Gasteiger charge is -2.12. The van der Waals surface area contributed by atoms with E-state index in [1.807, 2.05) is 0 Å². The molecule has 2 aromatic rings. The highest BCUT2D eigenvalue weighted by Gasteiger charge is 2.09. The van der Waals surface area contributed by atoms with Gasteiger partial charge >= 0.3 is 7.69 Å². The summed E-state index contributed by atoms with van der Waals surface area (Å²) in [6.45, 7) is 0. The Hall–Kier alpha value is -2.96. The summed E-state index contributed by atoms with van der Waals surface area (Å²) in [7, 11) is 6.85. The number of benzene rings is 2. The first-order valence-electron chi connectivity index (χ1n) is 7.77. The van der Waals surface area contributed by atoms with E-state index in [1.165, 1.54) is 9.80 Å². The summed E-state index contributed by atoms with van der Waals surface area (Å²) in [5.41, 5.74) is 1.19. The van der Waals surface area contributed by atoms with Gasteiger partial charge in [0.25, 0.3) is 11.8 Å². The van der Waals surface area contributed by atoms with Gasteiger partial charge in [0, 0.05) is 39.3 Å². The van der Waals surface area contributed by atoms with Crippen molar-refractivity contribution >= 4 is 19.5 Å². The third-order valence-electron chi connectivity index (χ3n) is 3.47.